The number of hydrogen-bond acceptors (Lipinski definition) is 3. The van der Waals surface area contributed by atoms with E-state index < -0.39 is 11.0 Å². The van der Waals surface area contributed by atoms with E-state index in [1.54, 1.807) is 6.07 Å². The molecule has 2 atom stereocenters. The molecule has 1 aromatic rings. The lowest BCUT2D eigenvalue weighted by molar-refractivity contribution is -0.384. The third kappa shape index (κ3) is 2.01. The van der Waals surface area contributed by atoms with Crippen molar-refractivity contribution in [3.05, 3.63) is 45.0 Å². The van der Waals surface area contributed by atoms with Crippen molar-refractivity contribution >= 4 is 11.8 Å². The maximum Gasteiger partial charge on any atom is 0.270 e. The molecule has 0 aromatic heterocycles. The number of nitro benzene ring substituents is 1. The Bertz CT molecular complexity index is 569. The molecular formula is C14H13NO3. The van der Waals surface area contributed by atoms with Gasteiger partial charge < -0.3 is 5.11 Å². The zero-order valence-electron chi connectivity index (χ0n) is 9.96. The van der Waals surface area contributed by atoms with E-state index in [2.05, 4.69) is 5.92 Å². The van der Waals surface area contributed by atoms with Crippen LogP contribution in [0.15, 0.2) is 23.8 Å². The van der Waals surface area contributed by atoms with Gasteiger partial charge in [0.1, 0.15) is 0 Å². The second kappa shape index (κ2) is 4.63. The lowest BCUT2D eigenvalue weighted by Gasteiger charge is -2.19. The van der Waals surface area contributed by atoms with Crippen LogP contribution in [-0.2, 0) is 0 Å². The largest absolute Gasteiger partial charge is 0.391 e. The number of benzene rings is 1. The Morgan fingerprint density at radius 2 is 2.33 bits per heavy atom. The molecule has 0 saturated carbocycles. The first kappa shape index (κ1) is 12.3. The third-order valence-electron chi connectivity index (χ3n) is 3.20. The van der Waals surface area contributed by atoms with Crippen molar-refractivity contribution in [1.29, 1.82) is 0 Å². The number of non-ortho nitro benzene ring substituents is 1. The van der Waals surface area contributed by atoms with Crippen molar-refractivity contribution in [1.82, 2.24) is 0 Å². The number of terminal acetylenes is 1. The van der Waals surface area contributed by atoms with E-state index in [9.17, 15) is 15.2 Å². The van der Waals surface area contributed by atoms with Crippen molar-refractivity contribution in [2.45, 2.75) is 25.4 Å². The zero-order valence-corrected chi connectivity index (χ0v) is 9.96. The molecule has 1 aliphatic carbocycles. The molecule has 1 aromatic carbocycles. The molecule has 0 spiro atoms. The van der Waals surface area contributed by atoms with Crippen LogP contribution in [0.4, 0.5) is 5.69 Å². The number of fused-ring (bicyclic) bond motifs is 1. The van der Waals surface area contributed by atoms with Gasteiger partial charge in [-0.1, -0.05) is 17.7 Å². The predicted molar refractivity (Wildman–Crippen MR) is 68.9 cm³/mol. The molecule has 4 heteroatoms. The minimum atomic E-state index is -0.644. The summed E-state index contributed by atoms with van der Waals surface area (Å²) in [6.45, 7) is 1.90. The van der Waals surface area contributed by atoms with Gasteiger partial charge in [-0.05, 0) is 18.1 Å². The second-order valence-corrected chi connectivity index (χ2v) is 4.41. The molecule has 18 heavy (non-hydrogen) atoms. The predicted octanol–water partition coefficient (Wildman–Crippen LogP) is 2.48. The molecule has 0 bridgehead atoms. The molecular weight excluding hydrogens is 230 g/mol. The summed E-state index contributed by atoms with van der Waals surface area (Å²) in [6, 6.07) is 4.69. The minimum absolute atomic E-state index is 0.0601. The fourth-order valence-corrected chi connectivity index (χ4v) is 2.41. The van der Waals surface area contributed by atoms with Crippen molar-refractivity contribution in [3.63, 3.8) is 0 Å². The summed E-state index contributed by atoms with van der Waals surface area (Å²) in [5, 5.41) is 20.7. The average Bonchev–Trinajstić information content (AvgIpc) is 2.63. The van der Waals surface area contributed by atoms with Crippen molar-refractivity contribution in [2.75, 3.05) is 0 Å². The number of hydrogen-bond donors (Lipinski definition) is 1. The molecule has 0 amide bonds. The molecule has 92 valence electrons. The van der Waals surface area contributed by atoms with Gasteiger partial charge >= 0.3 is 0 Å². The van der Waals surface area contributed by atoms with E-state index in [4.69, 9.17) is 6.42 Å². The van der Waals surface area contributed by atoms with Gasteiger partial charge in [0.2, 0.25) is 0 Å². The van der Waals surface area contributed by atoms with Crippen LogP contribution in [0.1, 0.15) is 30.4 Å². The van der Waals surface area contributed by atoms with Gasteiger partial charge in [0.15, 0.2) is 0 Å². The van der Waals surface area contributed by atoms with E-state index in [1.807, 2.05) is 13.0 Å². The quantitative estimate of drug-likeness (QED) is 0.504. The molecule has 2 unspecified atom stereocenters. The smallest absolute Gasteiger partial charge is 0.270 e. The van der Waals surface area contributed by atoms with Gasteiger partial charge in [-0.25, -0.2) is 0 Å². The summed E-state index contributed by atoms with van der Waals surface area (Å²) in [5.41, 5.74) is 2.74. The van der Waals surface area contributed by atoms with Crippen LogP contribution in [0, 0.1) is 22.5 Å². The highest BCUT2D eigenvalue weighted by Crippen LogP contribution is 2.40. The highest BCUT2D eigenvalue weighted by Gasteiger charge is 2.29. The molecule has 0 fully saturated rings. The van der Waals surface area contributed by atoms with E-state index in [0.29, 0.717) is 0 Å². The number of nitro groups is 1. The molecule has 0 saturated heterocycles. The Hall–Kier alpha value is -2.12. The zero-order chi connectivity index (χ0) is 13.3. The fourth-order valence-electron chi connectivity index (χ4n) is 2.41. The molecule has 4 nitrogen and oxygen atoms in total. The Balaban J connectivity index is 2.40. The topological polar surface area (TPSA) is 63.4 Å². The molecule has 1 N–H and O–H groups in total. The molecule has 1 aliphatic rings. The van der Waals surface area contributed by atoms with E-state index in [0.717, 1.165) is 16.7 Å². The standard InChI is InChI=1S/C14H13NO3/c1-3-4-13(16)14-9(2)7-10-8-11(15(17)18)5-6-12(10)14/h1,5-8,13-14,16H,4H2,2H3. The van der Waals surface area contributed by atoms with E-state index >= 15 is 0 Å². The van der Waals surface area contributed by atoms with Crippen LogP contribution in [-0.4, -0.2) is 16.1 Å². The number of rotatable bonds is 3. The second-order valence-electron chi connectivity index (χ2n) is 4.41. The van der Waals surface area contributed by atoms with Crippen molar-refractivity contribution in [3.8, 4) is 12.3 Å². The Morgan fingerprint density at radius 3 is 2.94 bits per heavy atom. The lowest BCUT2D eigenvalue weighted by atomic mass is 9.89. The summed E-state index contributed by atoms with van der Waals surface area (Å²) in [4.78, 5) is 10.3. The van der Waals surface area contributed by atoms with E-state index in [1.165, 1.54) is 12.1 Å². The number of nitrogens with zero attached hydrogens (tertiary/aromatic N) is 1. The first-order valence-corrected chi connectivity index (χ1v) is 5.62. The minimum Gasteiger partial charge on any atom is -0.391 e. The lowest BCUT2D eigenvalue weighted by Crippen LogP contribution is -2.17. The van der Waals surface area contributed by atoms with Gasteiger partial charge in [0.25, 0.3) is 5.69 Å². The highest BCUT2D eigenvalue weighted by molar-refractivity contribution is 5.68. The van der Waals surface area contributed by atoms with Crippen LogP contribution in [0.25, 0.3) is 6.08 Å². The number of aliphatic hydroxyl groups is 1. The highest BCUT2D eigenvalue weighted by atomic mass is 16.6. The first-order valence-electron chi connectivity index (χ1n) is 5.62. The molecule has 0 heterocycles. The summed E-state index contributed by atoms with van der Waals surface area (Å²) < 4.78 is 0. The SMILES string of the molecule is C#CCC(O)C1C(C)=Cc2cc([N+](=O)[O-])ccc21. The number of aliphatic hydroxyl groups excluding tert-OH is 1. The summed E-state index contributed by atoms with van der Waals surface area (Å²) in [7, 11) is 0. The fraction of sp³-hybridized carbons (Fsp3) is 0.286. The average molecular weight is 243 g/mol. The normalized spacial score (nSPS) is 18.7. The molecule has 2 rings (SSSR count). The maximum atomic E-state index is 10.7. The van der Waals surface area contributed by atoms with E-state index in [-0.39, 0.29) is 18.0 Å². The van der Waals surface area contributed by atoms with Crippen LogP contribution >= 0.6 is 0 Å². The van der Waals surface area contributed by atoms with Crippen molar-refractivity contribution < 1.29 is 10.0 Å². The van der Waals surface area contributed by atoms with Crippen LogP contribution in [0.5, 0.6) is 0 Å². The van der Waals surface area contributed by atoms with Crippen LogP contribution < -0.4 is 0 Å². The summed E-state index contributed by atoms with van der Waals surface area (Å²) >= 11 is 0. The maximum absolute atomic E-state index is 10.7. The Labute approximate surface area is 105 Å². The summed E-state index contributed by atoms with van der Waals surface area (Å²) in [5.74, 6) is 2.28. The summed E-state index contributed by atoms with van der Waals surface area (Å²) in [6.07, 6.45) is 6.70. The van der Waals surface area contributed by atoms with Gasteiger partial charge in [-0.15, -0.1) is 12.3 Å². The Morgan fingerprint density at radius 1 is 1.61 bits per heavy atom. The third-order valence-corrected chi connectivity index (χ3v) is 3.20. The van der Waals surface area contributed by atoms with Gasteiger partial charge in [0.05, 0.1) is 11.0 Å². The van der Waals surface area contributed by atoms with Gasteiger partial charge in [0, 0.05) is 24.5 Å². The molecule has 0 radical (unpaired) electrons. The first-order chi connectivity index (χ1) is 8.54. The van der Waals surface area contributed by atoms with Gasteiger partial charge in [-0.2, -0.15) is 0 Å². The monoisotopic (exact) mass is 243 g/mol. The van der Waals surface area contributed by atoms with Crippen LogP contribution in [0.3, 0.4) is 0 Å². The Kier molecular flexibility index (Phi) is 3.17. The van der Waals surface area contributed by atoms with Gasteiger partial charge in [-0.3, -0.25) is 10.1 Å². The van der Waals surface area contributed by atoms with Crippen molar-refractivity contribution in [2.24, 2.45) is 0 Å². The van der Waals surface area contributed by atoms with Crippen LogP contribution in [0.2, 0.25) is 0 Å². The molecule has 0 aliphatic heterocycles.